The summed E-state index contributed by atoms with van der Waals surface area (Å²) in [4.78, 5) is 45.2. The molecule has 1 saturated heterocycles. The van der Waals surface area contributed by atoms with Gasteiger partial charge >= 0.3 is 0 Å². The number of halogens is 1. The lowest BCUT2D eigenvalue weighted by Gasteiger charge is -2.33. The van der Waals surface area contributed by atoms with E-state index in [9.17, 15) is 14.4 Å². The molecule has 0 saturated carbocycles. The number of imide groups is 1. The van der Waals surface area contributed by atoms with Gasteiger partial charge in [0.2, 0.25) is 0 Å². The van der Waals surface area contributed by atoms with E-state index >= 15 is 4.39 Å². The molecule has 0 aliphatic carbocycles. The number of nitrogens with zero attached hydrogens (tertiary/aromatic N) is 3. The monoisotopic (exact) mass is 536 g/mol. The van der Waals surface area contributed by atoms with Gasteiger partial charge in [-0.3, -0.25) is 24.7 Å². The maximum absolute atomic E-state index is 15.3. The van der Waals surface area contributed by atoms with Crippen molar-refractivity contribution in [1.29, 1.82) is 0 Å². The van der Waals surface area contributed by atoms with E-state index in [0.717, 1.165) is 29.3 Å². The number of amides is 3. The van der Waals surface area contributed by atoms with Crippen molar-refractivity contribution in [2.24, 2.45) is 0 Å². The first-order valence-corrected chi connectivity index (χ1v) is 13.3. The normalized spacial score (nSPS) is 17.4. The average molecular weight is 537 g/mol. The maximum atomic E-state index is 15.3. The van der Waals surface area contributed by atoms with Gasteiger partial charge in [-0.1, -0.05) is 24.3 Å². The van der Waals surface area contributed by atoms with Crippen LogP contribution < -0.4 is 10.1 Å². The molecular formula is C31H25FN4O4. The average Bonchev–Trinajstić information content (AvgIpc) is 3.68. The molecule has 4 aromatic rings. The van der Waals surface area contributed by atoms with Gasteiger partial charge in [0.15, 0.2) is 0 Å². The summed E-state index contributed by atoms with van der Waals surface area (Å²) in [5, 5.41) is 3.18. The number of rotatable bonds is 4. The molecule has 0 atom stereocenters. The zero-order valence-corrected chi connectivity index (χ0v) is 21.5. The number of benzene rings is 2. The number of carbonyl (C=O) groups excluding carboxylic acids is 3. The second-order valence-corrected chi connectivity index (χ2v) is 10.3. The highest BCUT2D eigenvalue weighted by Crippen LogP contribution is 2.43. The highest BCUT2D eigenvalue weighted by Gasteiger charge is 2.38. The Hall–Kier alpha value is -4.79. The van der Waals surface area contributed by atoms with Crippen LogP contribution in [0.1, 0.15) is 45.9 Å². The molecule has 0 spiro atoms. The summed E-state index contributed by atoms with van der Waals surface area (Å²) in [6.07, 6.45) is 7.16. The summed E-state index contributed by atoms with van der Waals surface area (Å²) in [5.74, 6) is -1.52. The minimum Gasteiger partial charge on any atom is -0.492 e. The van der Waals surface area contributed by atoms with E-state index in [1.54, 1.807) is 30.6 Å². The van der Waals surface area contributed by atoms with Crippen molar-refractivity contribution >= 4 is 39.8 Å². The molecule has 40 heavy (non-hydrogen) atoms. The van der Waals surface area contributed by atoms with E-state index in [-0.39, 0.29) is 28.7 Å². The van der Waals surface area contributed by atoms with Crippen molar-refractivity contribution in [2.45, 2.75) is 25.3 Å². The molecule has 2 aromatic heterocycles. The fourth-order valence-corrected chi connectivity index (χ4v) is 6.14. The molecule has 200 valence electrons. The molecule has 3 amide bonds. The molecule has 8 nitrogen and oxygen atoms in total. The molecule has 0 radical (unpaired) electrons. The van der Waals surface area contributed by atoms with E-state index in [4.69, 9.17) is 4.74 Å². The molecule has 3 aliphatic rings. The third-order valence-corrected chi connectivity index (χ3v) is 8.05. The van der Waals surface area contributed by atoms with Gasteiger partial charge in [0.05, 0.1) is 28.9 Å². The topological polar surface area (TPSA) is 93.5 Å². The lowest BCUT2D eigenvalue weighted by Crippen LogP contribution is -2.39. The first-order chi connectivity index (χ1) is 19.5. The molecule has 1 fully saturated rings. The highest BCUT2D eigenvalue weighted by molar-refractivity contribution is 6.50. The van der Waals surface area contributed by atoms with Crippen molar-refractivity contribution in [1.82, 2.24) is 19.8 Å². The molecule has 9 heteroatoms. The minimum absolute atomic E-state index is 0.000963. The molecular weight excluding hydrogens is 511 g/mol. The Morgan fingerprint density at radius 3 is 2.60 bits per heavy atom. The summed E-state index contributed by atoms with van der Waals surface area (Å²) in [5.41, 5.74) is 3.03. The van der Waals surface area contributed by atoms with E-state index in [0.29, 0.717) is 43.0 Å². The largest absolute Gasteiger partial charge is 0.492 e. The van der Waals surface area contributed by atoms with Crippen LogP contribution in [0.2, 0.25) is 0 Å². The SMILES string of the molecule is O=C1NC(=O)C(c2cn(C3CCN(C(=O)c4cccnc4)CC3)c3ccccc23)=C1c1c(F)ccc2c1OCC2. The van der Waals surface area contributed by atoms with Crippen LogP contribution in [0, 0.1) is 5.82 Å². The molecule has 2 aromatic carbocycles. The lowest BCUT2D eigenvalue weighted by atomic mass is 9.93. The Morgan fingerprint density at radius 2 is 1.80 bits per heavy atom. The molecule has 0 bridgehead atoms. The number of nitrogens with one attached hydrogen (secondary N) is 1. The Morgan fingerprint density at radius 1 is 1.00 bits per heavy atom. The van der Waals surface area contributed by atoms with Gasteiger partial charge in [-0.2, -0.15) is 0 Å². The molecule has 0 unspecified atom stereocenters. The fraction of sp³-hybridized carbons (Fsp3) is 0.226. The molecule has 3 aliphatic heterocycles. The number of para-hydroxylation sites is 1. The van der Waals surface area contributed by atoms with Crippen LogP contribution in [-0.2, 0) is 16.0 Å². The number of piperidine rings is 1. The Bertz CT molecular complexity index is 1740. The van der Waals surface area contributed by atoms with Crippen LogP contribution in [0.5, 0.6) is 5.75 Å². The van der Waals surface area contributed by atoms with Crippen LogP contribution in [0.3, 0.4) is 0 Å². The van der Waals surface area contributed by atoms with Crippen molar-refractivity contribution in [3.8, 4) is 5.75 Å². The van der Waals surface area contributed by atoms with Gasteiger partial charge in [0.25, 0.3) is 17.7 Å². The highest BCUT2D eigenvalue weighted by atomic mass is 19.1. The number of hydrogen-bond acceptors (Lipinski definition) is 5. The van der Waals surface area contributed by atoms with Crippen molar-refractivity contribution in [3.05, 3.63) is 95.2 Å². The van der Waals surface area contributed by atoms with Crippen LogP contribution in [-0.4, -0.2) is 51.9 Å². The van der Waals surface area contributed by atoms with E-state index in [2.05, 4.69) is 14.9 Å². The number of carbonyl (C=O) groups is 3. The van der Waals surface area contributed by atoms with E-state index in [1.807, 2.05) is 35.4 Å². The summed E-state index contributed by atoms with van der Waals surface area (Å²) in [6.45, 7) is 1.54. The zero-order valence-electron chi connectivity index (χ0n) is 21.5. The molecule has 1 N–H and O–H groups in total. The number of fused-ring (bicyclic) bond motifs is 2. The molecule has 5 heterocycles. The second-order valence-electron chi connectivity index (χ2n) is 10.3. The van der Waals surface area contributed by atoms with Crippen molar-refractivity contribution in [2.75, 3.05) is 19.7 Å². The first-order valence-electron chi connectivity index (χ1n) is 13.3. The summed E-state index contributed by atoms with van der Waals surface area (Å²) in [6, 6.07) is 14.3. The van der Waals surface area contributed by atoms with Gasteiger partial charge in [0, 0.05) is 60.6 Å². The maximum Gasteiger partial charge on any atom is 0.259 e. The predicted molar refractivity (Wildman–Crippen MR) is 146 cm³/mol. The van der Waals surface area contributed by atoms with Gasteiger partial charge in [-0.05, 0) is 42.7 Å². The number of aromatic nitrogens is 2. The predicted octanol–water partition coefficient (Wildman–Crippen LogP) is 4.15. The minimum atomic E-state index is -0.637. The number of pyridine rings is 1. The number of hydrogen-bond donors (Lipinski definition) is 1. The quantitative estimate of drug-likeness (QED) is 0.396. The first kappa shape index (κ1) is 24.3. The summed E-state index contributed by atoms with van der Waals surface area (Å²) >= 11 is 0. The van der Waals surface area contributed by atoms with Gasteiger partial charge in [-0.15, -0.1) is 0 Å². The number of ether oxygens (including phenoxy) is 1. The second kappa shape index (κ2) is 9.44. The lowest BCUT2D eigenvalue weighted by molar-refractivity contribution is -0.122. The Kier molecular flexibility index (Phi) is 5.73. The van der Waals surface area contributed by atoms with Gasteiger partial charge < -0.3 is 14.2 Å². The third-order valence-electron chi connectivity index (χ3n) is 8.05. The third kappa shape index (κ3) is 3.80. The van der Waals surface area contributed by atoms with Crippen molar-refractivity contribution < 1.29 is 23.5 Å². The van der Waals surface area contributed by atoms with Crippen LogP contribution in [0.4, 0.5) is 4.39 Å². The van der Waals surface area contributed by atoms with E-state index in [1.165, 1.54) is 6.07 Å². The summed E-state index contributed by atoms with van der Waals surface area (Å²) in [7, 11) is 0. The summed E-state index contributed by atoms with van der Waals surface area (Å²) < 4.78 is 23.1. The standard InChI is InChI=1S/C31H25FN4O4/c32-23-8-7-18-11-15-40-28(18)26(23)27-25(29(37)34-30(27)38)22-17-36(24-6-2-1-5-21(22)24)20-9-13-35(14-10-20)31(39)19-4-3-12-33-16-19/h1-8,12,16-17,20H,9-11,13-15H2,(H,34,37,38). The van der Waals surface area contributed by atoms with Crippen LogP contribution >= 0.6 is 0 Å². The van der Waals surface area contributed by atoms with Crippen LogP contribution in [0.15, 0.2) is 67.1 Å². The van der Waals surface area contributed by atoms with Gasteiger partial charge in [-0.25, -0.2) is 4.39 Å². The van der Waals surface area contributed by atoms with Crippen molar-refractivity contribution in [3.63, 3.8) is 0 Å². The van der Waals surface area contributed by atoms with Gasteiger partial charge in [0.1, 0.15) is 11.6 Å². The smallest absolute Gasteiger partial charge is 0.259 e. The Labute approximate surface area is 229 Å². The number of likely N-dealkylation sites (tertiary alicyclic amines) is 1. The fourth-order valence-electron chi connectivity index (χ4n) is 6.14. The van der Waals surface area contributed by atoms with Crippen LogP contribution in [0.25, 0.3) is 22.0 Å². The Balaban J connectivity index is 1.29. The zero-order chi connectivity index (χ0) is 27.4. The van der Waals surface area contributed by atoms with E-state index < -0.39 is 17.6 Å². The molecule has 7 rings (SSSR count).